The van der Waals surface area contributed by atoms with Gasteiger partial charge in [-0.15, -0.1) is 11.3 Å². The van der Waals surface area contributed by atoms with E-state index in [4.69, 9.17) is 11.6 Å². The SMILES string of the molecule is O=[N+]([O-])c1cc(Br)cnc1NCc1ccc(Cl)s1. The summed E-state index contributed by atoms with van der Waals surface area (Å²) in [6.07, 6.45) is 1.51. The molecule has 94 valence electrons. The van der Waals surface area contributed by atoms with E-state index in [1.807, 2.05) is 6.07 Å². The maximum atomic E-state index is 10.9. The molecule has 2 rings (SSSR count). The van der Waals surface area contributed by atoms with Crippen LogP contribution in [0.25, 0.3) is 0 Å². The van der Waals surface area contributed by atoms with E-state index in [2.05, 4.69) is 26.2 Å². The Bertz CT molecular complexity index is 590. The van der Waals surface area contributed by atoms with Crippen LogP contribution in [0.5, 0.6) is 0 Å². The maximum Gasteiger partial charge on any atom is 0.312 e. The van der Waals surface area contributed by atoms with Gasteiger partial charge in [0.15, 0.2) is 0 Å². The zero-order chi connectivity index (χ0) is 13.1. The molecule has 2 heterocycles. The van der Waals surface area contributed by atoms with Gasteiger partial charge in [-0.2, -0.15) is 0 Å². The van der Waals surface area contributed by atoms with Crippen molar-refractivity contribution in [3.63, 3.8) is 0 Å². The van der Waals surface area contributed by atoms with Crippen molar-refractivity contribution in [2.45, 2.75) is 6.54 Å². The first-order valence-electron chi connectivity index (χ1n) is 4.84. The second-order valence-electron chi connectivity index (χ2n) is 3.34. The third-order valence-electron chi connectivity index (χ3n) is 2.09. The number of anilines is 1. The highest BCUT2D eigenvalue weighted by atomic mass is 79.9. The number of rotatable bonds is 4. The summed E-state index contributed by atoms with van der Waals surface area (Å²) in [7, 11) is 0. The predicted octanol–water partition coefficient (Wildman–Crippen LogP) is 4.08. The lowest BCUT2D eigenvalue weighted by atomic mass is 10.4. The van der Waals surface area contributed by atoms with E-state index in [1.165, 1.54) is 23.6 Å². The van der Waals surface area contributed by atoms with Crippen LogP contribution in [0.4, 0.5) is 11.5 Å². The average molecular weight is 349 g/mol. The third-order valence-corrected chi connectivity index (χ3v) is 3.75. The first kappa shape index (κ1) is 13.3. The third kappa shape index (κ3) is 3.18. The molecule has 1 N–H and O–H groups in total. The first-order valence-corrected chi connectivity index (χ1v) is 6.83. The molecule has 0 spiro atoms. The number of pyridine rings is 1. The number of thiophene rings is 1. The van der Waals surface area contributed by atoms with Crippen LogP contribution >= 0.6 is 38.9 Å². The summed E-state index contributed by atoms with van der Waals surface area (Å²) in [5, 5.41) is 13.8. The molecule has 0 aromatic carbocycles. The molecular formula is C10H7BrClN3O2S. The molecule has 0 unspecified atom stereocenters. The fourth-order valence-corrected chi connectivity index (χ4v) is 2.67. The van der Waals surface area contributed by atoms with Gasteiger partial charge in [-0.3, -0.25) is 10.1 Å². The summed E-state index contributed by atoms with van der Waals surface area (Å²) in [6.45, 7) is 0.451. The molecule has 0 radical (unpaired) electrons. The molecule has 0 bridgehead atoms. The fourth-order valence-electron chi connectivity index (χ4n) is 1.32. The second kappa shape index (κ2) is 5.64. The molecule has 0 fully saturated rings. The van der Waals surface area contributed by atoms with Gasteiger partial charge in [0.25, 0.3) is 0 Å². The highest BCUT2D eigenvalue weighted by Crippen LogP contribution is 2.27. The van der Waals surface area contributed by atoms with Gasteiger partial charge in [0.05, 0.1) is 15.8 Å². The fraction of sp³-hybridized carbons (Fsp3) is 0.100. The topological polar surface area (TPSA) is 68.1 Å². The minimum Gasteiger partial charge on any atom is -0.359 e. The molecule has 0 amide bonds. The average Bonchev–Trinajstić information content (AvgIpc) is 2.73. The molecule has 5 nitrogen and oxygen atoms in total. The van der Waals surface area contributed by atoms with Crippen LogP contribution in [0.3, 0.4) is 0 Å². The van der Waals surface area contributed by atoms with Crippen molar-refractivity contribution in [1.82, 2.24) is 4.98 Å². The molecule has 18 heavy (non-hydrogen) atoms. The van der Waals surface area contributed by atoms with Gasteiger partial charge in [-0.05, 0) is 28.1 Å². The number of nitrogens with zero attached hydrogens (tertiary/aromatic N) is 2. The summed E-state index contributed by atoms with van der Waals surface area (Å²) in [5.41, 5.74) is -0.0629. The number of hydrogen-bond acceptors (Lipinski definition) is 5. The largest absolute Gasteiger partial charge is 0.359 e. The quantitative estimate of drug-likeness (QED) is 0.668. The highest BCUT2D eigenvalue weighted by molar-refractivity contribution is 9.10. The lowest BCUT2D eigenvalue weighted by Gasteiger charge is -2.04. The Hall–Kier alpha value is -1.18. The minimum absolute atomic E-state index is 0.0629. The van der Waals surface area contributed by atoms with Crippen LogP contribution in [0.15, 0.2) is 28.9 Å². The van der Waals surface area contributed by atoms with Gasteiger partial charge in [-0.1, -0.05) is 11.6 Å². The van der Waals surface area contributed by atoms with Crippen LogP contribution in [-0.4, -0.2) is 9.91 Å². The van der Waals surface area contributed by atoms with E-state index in [0.717, 1.165) is 4.88 Å². The van der Waals surface area contributed by atoms with Gasteiger partial charge in [0.1, 0.15) is 0 Å². The molecule has 0 saturated heterocycles. The Balaban J connectivity index is 2.16. The van der Waals surface area contributed by atoms with E-state index >= 15 is 0 Å². The Labute approximate surface area is 120 Å². The van der Waals surface area contributed by atoms with E-state index in [-0.39, 0.29) is 11.5 Å². The maximum absolute atomic E-state index is 10.9. The van der Waals surface area contributed by atoms with Crippen LogP contribution < -0.4 is 5.32 Å². The smallest absolute Gasteiger partial charge is 0.312 e. The van der Waals surface area contributed by atoms with Gasteiger partial charge in [0, 0.05) is 21.6 Å². The minimum atomic E-state index is -0.471. The van der Waals surface area contributed by atoms with Crippen LogP contribution in [0.1, 0.15) is 4.88 Å². The Morgan fingerprint density at radius 1 is 1.56 bits per heavy atom. The zero-order valence-corrected chi connectivity index (χ0v) is 12.1. The molecule has 0 atom stereocenters. The predicted molar refractivity (Wildman–Crippen MR) is 75.2 cm³/mol. The highest BCUT2D eigenvalue weighted by Gasteiger charge is 2.15. The van der Waals surface area contributed by atoms with Crippen LogP contribution in [-0.2, 0) is 6.54 Å². The van der Waals surface area contributed by atoms with Gasteiger partial charge < -0.3 is 5.32 Å². The van der Waals surface area contributed by atoms with E-state index in [1.54, 1.807) is 6.07 Å². The zero-order valence-electron chi connectivity index (χ0n) is 8.89. The van der Waals surface area contributed by atoms with Crippen molar-refractivity contribution in [3.05, 3.63) is 48.2 Å². The van der Waals surface area contributed by atoms with Crippen molar-refractivity contribution >= 4 is 50.4 Å². The normalized spacial score (nSPS) is 10.3. The van der Waals surface area contributed by atoms with Crippen molar-refractivity contribution in [2.24, 2.45) is 0 Å². The summed E-state index contributed by atoms with van der Waals surface area (Å²) in [4.78, 5) is 15.4. The van der Waals surface area contributed by atoms with Crippen molar-refractivity contribution < 1.29 is 4.92 Å². The molecule has 0 aliphatic carbocycles. The number of aromatic nitrogens is 1. The molecular weight excluding hydrogens is 342 g/mol. The second-order valence-corrected chi connectivity index (χ2v) is 6.05. The standard InChI is InChI=1S/C10H7BrClN3O2S/c11-6-3-8(15(16)17)10(13-4-6)14-5-7-1-2-9(12)18-7/h1-4H,5H2,(H,13,14). The Kier molecular flexibility index (Phi) is 4.15. The van der Waals surface area contributed by atoms with Gasteiger partial charge in [-0.25, -0.2) is 4.98 Å². The van der Waals surface area contributed by atoms with Crippen molar-refractivity contribution in [3.8, 4) is 0 Å². The van der Waals surface area contributed by atoms with E-state index in [9.17, 15) is 10.1 Å². The molecule has 0 saturated carbocycles. The summed E-state index contributed by atoms with van der Waals surface area (Å²) in [6, 6.07) is 5.06. The number of nitrogens with one attached hydrogen (secondary N) is 1. The van der Waals surface area contributed by atoms with Crippen molar-refractivity contribution in [1.29, 1.82) is 0 Å². The van der Waals surface area contributed by atoms with Crippen LogP contribution in [0, 0.1) is 10.1 Å². The molecule has 2 aromatic rings. The number of hydrogen-bond donors (Lipinski definition) is 1. The van der Waals surface area contributed by atoms with E-state index in [0.29, 0.717) is 15.4 Å². The molecule has 0 aliphatic rings. The lowest BCUT2D eigenvalue weighted by molar-refractivity contribution is -0.384. The number of nitro groups is 1. The summed E-state index contributed by atoms with van der Waals surface area (Å²) >= 11 is 10.4. The Morgan fingerprint density at radius 2 is 2.33 bits per heavy atom. The number of halogens is 2. The van der Waals surface area contributed by atoms with Crippen molar-refractivity contribution in [2.75, 3.05) is 5.32 Å². The molecule has 0 aliphatic heterocycles. The summed E-state index contributed by atoms with van der Waals surface area (Å²) in [5.74, 6) is 0.243. The van der Waals surface area contributed by atoms with Gasteiger partial charge in [0.2, 0.25) is 5.82 Å². The monoisotopic (exact) mass is 347 g/mol. The van der Waals surface area contributed by atoms with Gasteiger partial charge >= 0.3 is 5.69 Å². The lowest BCUT2D eigenvalue weighted by Crippen LogP contribution is -2.03. The first-order chi connectivity index (χ1) is 8.56. The van der Waals surface area contributed by atoms with E-state index < -0.39 is 4.92 Å². The molecule has 2 aromatic heterocycles. The van der Waals surface area contributed by atoms with Crippen LogP contribution in [0.2, 0.25) is 4.34 Å². The Morgan fingerprint density at radius 3 is 2.94 bits per heavy atom. The summed E-state index contributed by atoms with van der Waals surface area (Å²) < 4.78 is 1.25. The molecule has 8 heteroatoms.